The molecule has 0 spiro atoms. The minimum Gasteiger partial charge on any atom is -0.368 e. The third kappa shape index (κ3) is 3.78. The van der Waals surface area contributed by atoms with Gasteiger partial charge in [-0.2, -0.15) is 0 Å². The third-order valence-electron chi connectivity index (χ3n) is 5.45. The Bertz CT molecular complexity index is 837. The second-order valence-electron chi connectivity index (χ2n) is 7.25. The van der Waals surface area contributed by atoms with E-state index >= 15 is 0 Å². The molecule has 2 saturated heterocycles. The molecule has 0 radical (unpaired) electrons. The first kappa shape index (κ1) is 17.9. The molecular weight excluding hydrogens is 345 g/mol. The predicted octanol–water partition coefficient (Wildman–Crippen LogP) is 2.62. The Morgan fingerprint density at radius 3 is 2.81 bits per heavy atom. The quantitative estimate of drug-likeness (QED) is 0.897. The lowest BCUT2D eigenvalue weighted by atomic mass is 9.99. The van der Waals surface area contributed by atoms with Crippen molar-refractivity contribution in [3.8, 4) is 11.1 Å². The SMILES string of the molecule is Nc1ncc(-c2cccc(F)c2)c(C2CCCN2CC(=O)N2CCCC2)n1. The lowest BCUT2D eigenvalue weighted by Gasteiger charge is -2.27. The van der Waals surface area contributed by atoms with Gasteiger partial charge in [-0.1, -0.05) is 12.1 Å². The Hall–Kier alpha value is -2.54. The lowest BCUT2D eigenvalue weighted by Crippen LogP contribution is -2.39. The van der Waals surface area contributed by atoms with Gasteiger partial charge in [0.15, 0.2) is 0 Å². The van der Waals surface area contributed by atoms with Crippen molar-refractivity contribution < 1.29 is 9.18 Å². The van der Waals surface area contributed by atoms with Crippen LogP contribution in [0, 0.1) is 5.82 Å². The van der Waals surface area contributed by atoms with E-state index in [4.69, 9.17) is 5.73 Å². The van der Waals surface area contributed by atoms with Crippen LogP contribution in [0.25, 0.3) is 11.1 Å². The maximum atomic E-state index is 13.7. The van der Waals surface area contributed by atoms with Crippen LogP contribution in [0.5, 0.6) is 0 Å². The summed E-state index contributed by atoms with van der Waals surface area (Å²) in [7, 11) is 0. The number of hydrogen-bond donors (Lipinski definition) is 1. The van der Waals surface area contributed by atoms with Crippen molar-refractivity contribution in [2.75, 3.05) is 31.9 Å². The zero-order valence-electron chi connectivity index (χ0n) is 15.3. The predicted molar refractivity (Wildman–Crippen MR) is 101 cm³/mol. The summed E-state index contributed by atoms with van der Waals surface area (Å²) in [6.45, 7) is 2.94. The fourth-order valence-corrected chi connectivity index (χ4v) is 4.11. The average Bonchev–Trinajstić information content (AvgIpc) is 3.33. The van der Waals surface area contributed by atoms with Crippen molar-refractivity contribution in [1.82, 2.24) is 19.8 Å². The normalized spacial score (nSPS) is 20.3. The molecular formula is C20H24FN5O. The van der Waals surface area contributed by atoms with Gasteiger partial charge in [-0.3, -0.25) is 9.69 Å². The topological polar surface area (TPSA) is 75.3 Å². The molecule has 2 aliphatic rings. The van der Waals surface area contributed by atoms with Gasteiger partial charge in [-0.15, -0.1) is 0 Å². The molecule has 1 amide bonds. The standard InChI is InChI=1S/C20H24FN5O/c21-15-6-3-5-14(11-15)16-12-23-20(22)24-19(16)17-7-4-10-26(17)13-18(27)25-8-1-2-9-25/h3,5-6,11-12,17H,1-2,4,7-10,13H2,(H2,22,23,24). The van der Waals surface area contributed by atoms with Crippen LogP contribution in [0.15, 0.2) is 30.5 Å². The van der Waals surface area contributed by atoms with Gasteiger partial charge in [0.2, 0.25) is 11.9 Å². The smallest absolute Gasteiger partial charge is 0.236 e. The number of carbonyl (C=O) groups excluding carboxylic acids is 1. The molecule has 2 aliphatic heterocycles. The number of nitrogens with two attached hydrogens (primary N) is 1. The fraction of sp³-hybridized carbons (Fsp3) is 0.450. The summed E-state index contributed by atoms with van der Waals surface area (Å²) in [4.78, 5) is 25.3. The molecule has 27 heavy (non-hydrogen) atoms. The van der Waals surface area contributed by atoms with Crippen LogP contribution in [-0.4, -0.2) is 51.9 Å². The van der Waals surface area contributed by atoms with Crippen LogP contribution in [0.4, 0.5) is 10.3 Å². The van der Waals surface area contributed by atoms with Crippen LogP contribution in [0.2, 0.25) is 0 Å². The molecule has 1 aromatic heterocycles. The van der Waals surface area contributed by atoms with Crippen LogP contribution in [0.3, 0.4) is 0 Å². The number of likely N-dealkylation sites (tertiary alicyclic amines) is 2. The monoisotopic (exact) mass is 369 g/mol. The lowest BCUT2D eigenvalue weighted by molar-refractivity contribution is -0.131. The largest absolute Gasteiger partial charge is 0.368 e. The molecule has 1 aromatic carbocycles. The first-order valence-corrected chi connectivity index (χ1v) is 9.52. The maximum Gasteiger partial charge on any atom is 0.236 e. The first-order chi connectivity index (χ1) is 13.1. The van der Waals surface area contributed by atoms with Gasteiger partial charge in [-0.25, -0.2) is 14.4 Å². The summed E-state index contributed by atoms with van der Waals surface area (Å²) in [6.07, 6.45) is 5.71. The minimum atomic E-state index is -0.303. The highest BCUT2D eigenvalue weighted by Gasteiger charge is 2.32. The van der Waals surface area contributed by atoms with Gasteiger partial charge >= 0.3 is 0 Å². The Morgan fingerprint density at radius 2 is 2.04 bits per heavy atom. The fourth-order valence-electron chi connectivity index (χ4n) is 4.11. The highest BCUT2D eigenvalue weighted by molar-refractivity contribution is 5.78. The number of nitrogens with zero attached hydrogens (tertiary/aromatic N) is 4. The van der Waals surface area contributed by atoms with Crippen molar-refractivity contribution >= 4 is 11.9 Å². The molecule has 1 unspecified atom stereocenters. The second-order valence-corrected chi connectivity index (χ2v) is 7.25. The van der Waals surface area contributed by atoms with Gasteiger partial charge in [0, 0.05) is 24.8 Å². The first-order valence-electron chi connectivity index (χ1n) is 9.52. The number of amides is 1. The van der Waals surface area contributed by atoms with E-state index in [1.165, 1.54) is 12.1 Å². The Kier molecular flexibility index (Phi) is 5.03. The molecule has 7 heteroatoms. The number of aromatic nitrogens is 2. The molecule has 142 valence electrons. The number of hydrogen-bond acceptors (Lipinski definition) is 5. The van der Waals surface area contributed by atoms with E-state index < -0.39 is 0 Å². The highest BCUT2D eigenvalue weighted by Crippen LogP contribution is 2.36. The van der Waals surface area contributed by atoms with Gasteiger partial charge in [-0.05, 0) is 49.9 Å². The van der Waals surface area contributed by atoms with Crippen molar-refractivity contribution in [3.05, 3.63) is 42.0 Å². The number of carbonyl (C=O) groups is 1. The molecule has 0 aliphatic carbocycles. The van der Waals surface area contributed by atoms with Crippen molar-refractivity contribution in [1.29, 1.82) is 0 Å². The molecule has 0 saturated carbocycles. The number of halogens is 1. The Balaban J connectivity index is 1.63. The summed E-state index contributed by atoms with van der Waals surface area (Å²) in [5, 5.41) is 0. The van der Waals surface area contributed by atoms with Gasteiger partial charge in [0.05, 0.1) is 18.3 Å². The summed E-state index contributed by atoms with van der Waals surface area (Å²) in [5.41, 5.74) is 8.13. The van der Waals surface area contributed by atoms with Gasteiger partial charge in [0.25, 0.3) is 0 Å². The zero-order chi connectivity index (χ0) is 18.8. The zero-order valence-corrected chi connectivity index (χ0v) is 15.3. The van der Waals surface area contributed by atoms with E-state index in [0.717, 1.165) is 62.1 Å². The van der Waals surface area contributed by atoms with E-state index in [9.17, 15) is 9.18 Å². The van der Waals surface area contributed by atoms with Gasteiger partial charge in [0.1, 0.15) is 5.82 Å². The molecule has 4 rings (SSSR count). The maximum absolute atomic E-state index is 13.7. The molecule has 2 N–H and O–H groups in total. The second kappa shape index (κ2) is 7.60. The number of nitrogen functional groups attached to an aromatic ring is 1. The molecule has 2 aromatic rings. The van der Waals surface area contributed by atoms with Gasteiger partial charge < -0.3 is 10.6 Å². The summed E-state index contributed by atoms with van der Waals surface area (Å²) in [6, 6.07) is 6.40. The number of anilines is 1. The van der Waals surface area contributed by atoms with Crippen LogP contribution in [0.1, 0.15) is 37.4 Å². The highest BCUT2D eigenvalue weighted by atomic mass is 19.1. The van der Waals surface area contributed by atoms with Crippen LogP contribution in [-0.2, 0) is 4.79 Å². The van der Waals surface area contributed by atoms with Crippen LogP contribution < -0.4 is 5.73 Å². The molecule has 0 bridgehead atoms. The Morgan fingerprint density at radius 1 is 1.22 bits per heavy atom. The van der Waals surface area contributed by atoms with E-state index in [-0.39, 0.29) is 23.7 Å². The number of benzene rings is 1. The number of rotatable bonds is 4. The van der Waals surface area contributed by atoms with Crippen molar-refractivity contribution in [2.24, 2.45) is 0 Å². The van der Waals surface area contributed by atoms with E-state index in [2.05, 4.69) is 14.9 Å². The molecule has 6 nitrogen and oxygen atoms in total. The average molecular weight is 369 g/mol. The summed E-state index contributed by atoms with van der Waals surface area (Å²) < 4.78 is 13.7. The third-order valence-corrected chi connectivity index (χ3v) is 5.45. The summed E-state index contributed by atoms with van der Waals surface area (Å²) >= 11 is 0. The van der Waals surface area contributed by atoms with E-state index in [1.807, 2.05) is 11.0 Å². The Labute approximate surface area is 158 Å². The molecule has 3 heterocycles. The van der Waals surface area contributed by atoms with Crippen LogP contribution >= 0.6 is 0 Å². The van der Waals surface area contributed by atoms with E-state index in [1.54, 1.807) is 12.3 Å². The van der Waals surface area contributed by atoms with Crippen molar-refractivity contribution in [2.45, 2.75) is 31.7 Å². The minimum absolute atomic E-state index is 0.0138. The molecule has 2 fully saturated rings. The van der Waals surface area contributed by atoms with Crippen molar-refractivity contribution in [3.63, 3.8) is 0 Å². The molecule has 1 atom stereocenters. The van der Waals surface area contributed by atoms with E-state index in [0.29, 0.717) is 6.54 Å². The summed E-state index contributed by atoms with van der Waals surface area (Å²) in [5.74, 6) is 0.0689.